The van der Waals surface area contributed by atoms with Gasteiger partial charge in [0.05, 0.1) is 0 Å². The highest BCUT2D eigenvalue weighted by Gasteiger charge is 2.22. The van der Waals surface area contributed by atoms with Gasteiger partial charge in [0.1, 0.15) is 0 Å². The smallest absolute Gasteiger partial charge is 0.263 e. The molecule has 0 aromatic heterocycles. The third kappa shape index (κ3) is 3.98. The van der Waals surface area contributed by atoms with Gasteiger partial charge in [-0.25, -0.2) is 8.78 Å². The lowest BCUT2D eigenvalue weighted by atomic mass is 10.1. The summed E-state index contributed by atoms with van der Waals surface area (Å²) < 4.78 is 25.2. The molecule has 1 aliphatic rings. The van der Waals surface area contributed by atoms with E-state index in [1.54, 1.807) is 12.1 Å². The van der Waals surface area contributed by atoms with E-state index < -0.39 is 6.43 Å². The van der Waals surface area contributed by atoms with E-state index in [0.29, 0.717) is 12.6 Å². The fourth-order valence-electron chi connectivity index (χ4n) is 2.76. The molecule has 0 amide bonds. The Morgan fingerprint density at radius 2 is 2.26 bits per heavy atom. The van der Waals surface area contributed by atoms with E-state index in [2.05, 4.69) is 17.1 Å². The van der Waals surface area contributed by atoms with Gasteiger partial charge < -0.3 is 5.32 Å². The van der Waals surface area contributed by atoms with Crippen LogP contribution < -0.4 is 5.32 Å². The van der Waals surface area contributed by atoms with Crippen molar-refractivity contribution in [3.63, 3.8) is 0 Å². The first kappa shape index (κ1) is 14.4. The Morgan fingerprint density at radius 3 is 3.00 bits per heavy atom. The number of rotatable bonds is 6. The van der Waals surface area contributed by atoms with Crippen LogP contribution in [0.1, 0.15) is 37.3 Å². The van der Waals surface area contributed by atoms with Gasteiger partial charge in [0.2, 0.25) is 0 Å². The first-order chi connectivity index (χ1) is 9.20. The van der Waals surface area contributed by atoms with Gasteiger partial charge in [0, 0.05) is 24.7 Å². The predicted octanol–water partition coefficient (Wildman–Crippen LogP) is 3.20. The Hall–Kier alpha value is -1.00. The maximum Gasteiger partial charge on any atom is 0.263 e. The second kappa shape index (κ2) is 6.96. The van der Waals surface area contributed by atoms with Gasteiger partial charge >= 0.3 is 0 Å². The number of likely N-dealkylation sites (N-methyl/N-ethyl adjacent to an activating group) is 1. The van der Waals surface area contributed by atoms with Crippen molar-refractivity contribution in [2.24, 2.45) is 0 Å². The SMILES string of the molecule is CCN1CCCC1CNCc1cccc(C(F)F)c1. The highest BCUT2D eigenvalue weighted by Crippen LogP contribution is 2.19. The van der Waals surface area contributed by atoms with Crippen molar-refractivity contribution in [3.8, 4) is 0 Å². The summed E-state index contributed by atoms with van der Waals surface area (Å²) in [4.78, 5) is 2.47. The molecule has 1 heterocycles. The third-order valence-corrected chi connectivity index (χ3v) is 3.82. The van der Waals surface area contributed by atoms with E-state index in [0.717, 1.165) is 18.7 Å². The lowest BCUT2D eigenvalue weighted by Crippen LogP contribution is -2.37. The van der Waals surface area contributed by atoms with Crippen molar-refractivity contribution in [3.05, 3.63) is 35.4 Å². The Balaban J connectivity index is 1.80. The Morgan fingerprint density at radius 1 is 1.42 bits per heavy atom. The topological polar surface area (TPSA) is 15.3 Å². The molecule has 2 rings (SSSR count). The summed E-state index contributed by atoms with van der Waals surface area (Å²) in [5, 5.41) is 3.39. The van der Waals surface area contributed by atoms with Gasteiger partial charge in [-0.3, -0.25) is 4.90 Å². The summed E-state index contributed by atoms with van der Waals surface area (Å²) in [7, 11) is 0. The molecular weight excluding hydrogens is 246 g/mol. The quantitative estimate of drug-likeness (QED) is 0.852. The maximum absolute atomic E-state index is 12.6. The number of alkyl halides is 2. The number of benzene rings is 1. The number of nitrogens with one attached hydrogen (secondary N) is 1. The van der Waals surface area contributed by atoms with Crippen molar-refractivity contribution >= 4 is 0 Å². The van der Waals surface area contributed by atoms with Gasteiger partial charge in [0.15, 0.2) is 0 Å². The van der Waals surface area contributed by atoms with Crippen LogP contribution in [-0.2, 0) is 6.54 Å². The van der Waals surface area contributed by atoms with E-state index in [1.807, 2.05) is 6.07 Å². The van der Waals surface area contributed by atoms with E-state index in [9.17, 15) is 8.78 Å². The van der Waals surface area contributed by atoms with Crippen molar-refractivity contribution in [1.82, 2.24) is 10.2 Å². The molecule has 1 N–H and O–H groups in total. The highest BCUT2D eigenvalue weighted by molar-refractivity contribution is 5.24. The molecule has 0 bridgehead atoms. The van der Waals surface area contributed by atoms with E-state index >= 15 is 0 Å². The van der Waals surface area contributed by atoms with Crippen LogP contribution in [0.4, 0.5) is 8.78 Å². The summed E-state index contributed by atoms with van der Waals surface area (Å²) >= 11 is 0. The molecule has 1 aromatic rings. The van der Waals surface area contributed by atoms with Gasteiger partial charge in [0.25, 0.3) is 6.43 Å². The predicted molar refractivity (Wildman–Crippen MR) is 73.4 cm³/mol. The van der Waals surface area contributed by atoms with Crippen LogP contribution in [0.2, 0.25) is 0 Å². The molecule has 1 aromatic carbocycles. The van der Waals surface area contributed by atoms with Crippen LogP contribution in [-0.4, -0.2) is 30.6 Å². The molecule has 0 radical (unpaired) electrons. The van der Waals surface area contributed by atoms with Crippen molar-refractivity contribution < 1.29 is 8.78 Å². The third-order valence-electron chi connectivity index (χ3n) is 3.82. The summed E-state index contributed by atoms with van der Waals surface area (Å²) in [5.74, 6) is 0. The maximum atomic E-state index is 12.6. The van der Waals surface area contributed by atoms with E-state index in [-0.39, 0.29) is 5.56 Å². The molecule has 0 saturated carbocycles. The minimum Gasteiger partial charge on any atom is -0.311 e. The zero-order valence-corrected chi connectivity index (χ0v) is 11.4. The molecule has 1 unspecified atom stereocenters. The number of hydrogen-bond acceptors (Lipinski definition) is 2. The van der Waals surface area contributed by atoms with Crippen LogP contribution in [0, 0.1) is 0 Å². The number of nitrogens with zero attached hydrogens (tertiary/aromatic N) is 1. The molecule has 1 aliphatic heterocycles. The van der Waals surface area contributed by atoms with Crippen molar-refractivity contribution in [2.45, 2.75) is 38.8 Å². The summed E-state index contributed by atoms with van der Waals surface area (Å²) in [6.45, 7) is 6.06. The minimum absolute atomic E-state index is 0.107. The normalized spacial score (nSPS) is 20.3. The van der Waals surface area contributed by atoms with Crippen LogP contribution >= 0.6 is 0 Å². The van der Waals surface area contributed by atoms with E-state index in [4.69, 9.17) is 0 Å². The number of hydrogen-bond donors (Lipinski definition) is 1. The largest absolute Gasteiger partial charge is 0.311 e. The highest BCUT2D eigenvalue weighted by atomic mass is 19.3. The van der Waals surface area contributed by atoms with Crippen LogP contribution in [0.3, 0.4) is 0 Å². The monoisotopic (exact) mass is 268 g/mol. The van der Waals surface area contributed by atoms with Gasteiger partial charge in [-0.05, 0) is 37.6 Å². The fraction of sp³-hybridized carbons (Fsp3) is 0.600. The van der Waals surface area contributed by atoms with Gasteiger partial charge in [-0.15, -0.1) is 0 Å². The first-order valence-corrected chi connectivity index (χ1v) is 7.02. The summed E-state index contributed by atoms with van der Waals surface area (Å²) in [5.41, 5.74) is 1.04. The lowest BCUT2D eigenvalue weighted by Gasteiger charge is -2.23. The molecule has 4 heteroatoms. The Bertz CT molecular complexity index is 395. The molecule has 1 atom stereocenters. The number of halogens is 2. The first-order valence-electron chi connectivity index (χ1n) is 7.02. The van der Waals surface area contributed by atoms with Crippen molar-refractivity contribution in [1.29, 1.82) is 0 Å². The van der Waals surface area contributed by atoms with Crippen LogP contribution in [0.15, 0.2) is 24.3 Å². The molecule has 2 nitrogen and oxygen atoms in total. The Kier molecular flexibility index (Phi) is 5.28. The molecule has 106 valence electrons. The second-order valence-electron chi connectivity index (χ2n) is 5.10. The van der Waals surface area contributed by atoms with Crippen LogP contribution in [0.25, 0.3) is 0 Å². The fourth-order valence-corrected chi connectivity index (χ4v) is 2.76. The average Bonchev–Trinajstić information content (AvgIpc) is 2.86. The lowest BCUT2D eigenvalue weighted by molar-refractivity contribution is 0.151. The molecular formula is C15H22F2N2. The second-order valence-corrected chi connectivity index (χ2v) is 5.10. The van der Waals surface area contributed by atoms with Gasteiger partial charge in [-0.1, -0.05) is 25.1 Å². The molecule has 19 heavy (non-hydrogen) atoms. The Labute approximate surface area is 113 Å². The molecule has 0 aliphatic carbocycles. The average molecular weight is 268 g/mol. The molecule has 1 fully saturated rings. The molecule has 0 spiro atoms. The summed E-state index contributed by atoms with van der Waals surface area (Å²) in [6.07, 6.45) is 0.115. The minimum atomic E-state index is -2.38. The zero-order chi connectivity index (χ0) is 13.7. The van der Waals surface area contributed by atoms with Crippen molar-refractivity contribution in [2.75, 3.05) is 19.6 Å². The molecule has 1 saturated heterocycles. The van der Waals surface area contributed by atoms with E-state index in [1.165, 1.54) is 25.5 Å². The van der Waals surface area contributed by atoms with Gasteiger partial charge in [-0.2, -0.15) is 0 Å². The summed E-state index contributed by atoms with van der Waals surface area (Å²) in [6, 6.07) is 7.26. The number of likely N-dealkylation sites (tertiary alicyclic amines) is 1. The van der Waals surface area contributed by atoms with Crippen LogP contribution in [0.5, 0.6) is 0 Å². The standard InChI is InChI=1S/C15H22F2N2/c1-2-19-8-4-7-14(19)11-18-10-12-5-3-6-13(9-12)15(16)17/h3,5-6,9,14-15,18H,2,4,7-8,10-11H2,1H3. The zero-order valence-electron chi connectivity index (χ0n) is 11.4.